The predicted octanol–water partition coefficient (Wildman–Crippen LogP) is 4.51. The van der Waals surface area contributed by atoms with Crippen LogP contribution in [0.3, 0.4) is 0 Å². The highest BCUT2D eigenvalue weighted by molar-refractivity contribution is 7.14. The van der Waals surface area contributed by atoms with Crippen LogP contribution in [-0.4, -0.2) is 30.5 Å². The molecule has 4 rings (SSSR count). The van der Waals surface area contributed by atoms with Gasteiger partial charge < -0.3 is 9.64 Å². The predicted molar refractivity (Wildman–Crippen MR) is 115 cm³/mol. The van der Waals surface area contributed by atoms with E-state index < -0.39 is 0 Å². The Hall–Kier alpha value is -3.19. The Morgan fingerprint density at radius 2 is 2.10 bits per heavy atom. The van der Waals surface area contributed by atoms with Crippen LogP contribution in [0.2, 0.25) is 0 Å². The Morgan fingerprint density at radius 3 is 2.86 bits per heavy atom. The monoisotopic (exact) mass is 407 g/mol. The first-order valence-corrected chi connectivity index (χ1v) is 10.3. The number of carbonyl (C=O) groups is 2. The van der Waals surface area contributed by atoms with Gasteiger partial charge in [0.1, 0.15) is 5.75 Å². The van der Waals surface area contributed by atoms with Crippen molar-refractivity contribution < 1.29 is 14.3 Å². The summed E-state index contributed by atoms with van der Waals surface area (Å²) in [6.45, 7) is 2.70. The van der Waals surface area contributed by atoms with Gasteiger partial charge in [-0.1, -0.05) is 17.7 Å². The van der Waals surface area contributed by atoms with Crippen molar-refractivity contribution >= 4 is 34.0 Å². The standard InChI is InChI=1S/C22H21N3O3S/c1-14-8-9-19(28-2)17(11-14)18-13-29-22(23-18)24-21(27)15-5-3-6-16(12-15)25-10-4-7-20(25)26/h3,5-6,8-9,11-13H,4,7,10H2,1-2H3,(H,23,24,27). The third-order valence-electron chi connectivity index (χ3n) is 4.85. The van der Waals surface area contributed by atoms with E-state index in [9.17, 15) is 9.59 Å². The minimum absolute atomic E-state index is 0.0965. The Bertz CT molecular complexity index is 1080. The maximum atomic E-state index is 12.7. The largest absolute Gasteiger partial charge is 0.496 e. The van der Waals surface area contributed by atoms with Crippen LogP contribution in [0.15, 0.2) is 47.8 Å². The number of aryl methyl sites for hydroxylation is 1. The molecule has 1 fully saturated rings. The molecule has 0 bridgehead atoms. The lowest BCUT2D eigenvalue weighted by Gasteiger charge is -2.16. The van der Waals surface area contributed by atoms with Crippen molar-refractivity contribution in [2.45, 2.75) is 19.8 Å². The summed E-state index contributed by atoms with van der Waals surface area (Å²) in [7, 11) is 1.63. The van der Waals surface area contributed by atoms with Crippen molar-refractivity contribution in [2.24, 2.45) is 0 Å². The molecule has 0 aliphatic carbocycles. The van der Waals surface area contributed by atoms with Gasteiger partial charge in [0.2, 0.25) is 5.91 Å². The Morgan fingerprint density at radius 1 is 1.24 bits per heavy atom. The second-order valence-corrected chi connectivity index (χ2v) is 7.75. The number of rotatable bonds is 5. The summed E-state index contributed by atoms with van der Waals surface area (Å²) in [4.78, 5) is 31.0. The molecule has 29 heavy (non-hydrogen) atoms. The van der Waals surface area contributed by atoms with Crippen LogP contribution >= 0.6 is 11.3 Å². The van der Waals surface area contributed by atoms with Gasteiger partial charge in [-0.05, 0) is 43.7 Å². The van der Waals surface area contributed by atoms with Crippen LogP contribution in [0, 0.1) is 6.92 Å². The molecule has 0 atom stereocenters. The minimum atomic E-state index is -0.254. The molecular weight excluding hydrogens is 386 g/mol. The number of hydrogen-bond donors (Lipinski definition) is 1. The van der Waals surface area contributed by atoms with E-state index in [0.717, 1.165) is 34.7 Å². The molecule has 1 aromatic heterocycles. The number of carbonyl (C=O) groups excluding carboxylic acids is 2. The first-order valence-electron chi connectivity index (χ1n) is 9.37. The highest BCUT2D eigenvalue weighted by Gasteiger charge is 2.22. The van der Waals surface area contributed by atoms with Gasteiger partial charge in [-0.2, -0.15) is 0 Å². The van der Waals surface area contributed by atoms with E-state index in [4.69, 9.17) is 4.74 Å². The van der Waals surface area contributed by atoms with E-state index in [1.165, 1.54) is 11.3 Å². The van der Waals surface area contributed by atoms with Gasteiger partial charge >= 0.3 is 0 Å². The molecule has 2 aromatic carbocycles. The number of methoxy groups -OCH3 is 1. The lowest BCUT2D eigenvalue weighted by atomic mass is 10.1. The fraction of sp³-hybridized carbons (Fsp3) is 0.227. The molecule has 148 valence electrons. The summed E-state index contributed by atoms with van der Waals surface area (Å²) < 4.78 is 5.43. The number of nitrogens with zero attached hydrogens (tertiary/aromatic N) is 2. The molecular formula is C22H21N3O3S. The van der Waals surface area contributed by atoms with Crippen molar-refractivity contribution in [3.05, 3.63) is 59.0 Å². The summed E-state index contributed by atoms with van der Waals surface area (Å²) in [6, 6.07) is 13.0. The molecule has 6 nitrogen and oxygen atoms in total. The maximum Gasteiger partial charge on any atom is 0.257 e. The van der Waals surface area contributed by atoms with Gasteiger partial charge in [-0.25, -0.2) is 4.98 Å². The third-order valence-corrected chi connectivity index (χ3v) is 5.61. The van der Waals surface area contributed by atoms with E-state index in [1.807, 2.05) is 36.6 Å². The van der Waals surface area contributed by atoms with Crippen molar-refractivity contribution in [3.8, 4) is 17.0 Å². The highest BCUT2D eigenvalue weighted by Crippen LogP contribution is 2.33. The van der Waals surface area contributed by atoms with Crippen molar-refractivity contribution in [1.29, 1.82) is 0 Å². The first kappa shape index (κ1) is 19.1. The van der Waals surface area contributed by atoms with Gasteiger partial charge in [-0.15, -0.1) is 11.3 Å². The molecule has 1 aliphatic rings. The summed E-state index contributed by atoms with van der Waals surface area (Å²) in [5.41, 5.74) is 3.99. The number of benzene rings is 2. The van der Waals surface area contributed by atoms with E-state index in [0.29, 0.717) is 23.7 Å². The Balaban J connectivity index is 1.53. The topological polar surface area (TPSA) is 71.5 Å². The molecule has 0 unspecified atom stereocenters. The number of aromatic nitrogens is 1. The summed E-state index contributed by atoms with van der Waals surface area (Å²) in [5, 5.41) is 5.26. The zero-order valence-electron chi connectivity index (χ0n) is 16.3. The number of nitrogens with one attached hydrogen (secondary N) is 1. The average Bonchev–Trinajstić information content (AvgIpc) is 3.37. The van der Waals surface area contributed by atoms with Crippen LogP contribution in [0.1, 0.15) is 28.8 Å². The molecule has 3 aromatic rings. The van der Waals surface area contributed by atoms with Crippen LogP contribution in [-0.2, 0) is 4.79 Å². The zero-order valence-corrected chi connectivity index (χ0v) is 17.1. The maximum absolute atomic E-state index is 12.7. The average molecular weight is 407 g/mol. The summed E-state index contributed by atoms with van der Waals surface area (Å²) >= 11 is 1.36. The summed E-state index contributed by atoms with van der Waals surface area (Å²) in [5.74, 6) is 0.580. The number of hydrogen-bond acceptors (Lipinski definition) is 5. The lowest BCUT2D eigenvalue weighted by molar-refractivity contribution is -0.117. The van der Waals surface area contributed by atoms with Crippen molar-refractivity contribution in [3.63, 3.8) is 0 Å². The lowest BCUT2D eigenvalue weighted by Crippen LogP contribution is -2.24. The number of thiazole rings is 1. The quantitative estimate of drug-likeness (QED) is 0.676. The van der Waals surface area contributed by atoms with Crippen LogP contribution in [0.4, 0.5) is 10.8 Å². The third kappa shape index (κ3) is 4.00. The SMILES string of the molecule is COc1ccc(C)cc1-c1csc(NC(=O)c2cccc(N3CCCC3=O)c2)n1. The molecule has 1 N–H and O–H groups in total. The van der Waals surface area contributed by atoms with Gasteiger partial charge in [-0.3, -0.25) is 14.9 Å². The van der Waals surface area contributed by atoms with Crippen LogP contribution < -0.4 is 15.0 Å². The molecule has 7 heteroatoms. The second kappa shape index (κ2) is 8.05. The molecule has 1 saturated heterocycles. The van der Waals surface area contributed by atoms with Crippen molar-refractivity contribution in [2.75, 3.05) is 23.9 Å². The fourth-order valence-electron chi connectivity index (χ4n) is 3.38. The fourth-order valence-corrected chi connectivity index (χ4v) is 4.09. The summed E-state index contributed by atoms with van der Waals surface area (Å²) in [6.07, 6.45) is 1.40. The number of amides is 2. The Kier molecular flexibility index (Phi) is 5.31. The zero-order chi connectivity index (χ0) is 20.4. The normalized spacial score (nSPS) is 13.6. The van der Waals surface area contributed by atoms with Gasteiger partial charge in [0.25, 0.3) is 5.91 Å². The van der Waals surface area contributed by atoms with Crippen LogP contribution in [0.25, 0.3) is 11.3 Å². The second-order valence-electron chi connectivity index (χ2n) is 6.90. The smallest absolute Gasteiger partial charge is 0.257 e. The first-order chi connectivity index (χ1) is 14.0. The van der Waals surface area contributed by atoms with Gasteiger partial charge in [0.15, 0.2) is 5.13 Å². The van der Waals surface area contributed by atoms with Crippen LogP contribution in [0.5, 0.6) is 5.75 Å². The van der Waals surface area contributed by atoms with E-state index in [-0.39, 0.29) is 11.8 Å². The molecule has 0 spiro atoms. The molecule has 2 amide bonds. The number of ether oxygens (including phenoxy) is 1. The van der Waals surface area contributed by atoms with E-state index in [1.54, 1.807) is 30.2 Å². The van der Waals surface area contributed by atoms with Gasteiger partial charge in [0, 0.05) is 35.2 Å². The Labute approximate surface area is 173 Å². The number of anilines is 2. The molecule has 1 aliphatic heterocycles. The van der Waals surface area contributed by atoms with Gasteiger partial charge in [0.05, 0.1) is 12.8 Å². The minimum Gasteiger partial charge on any atom is -0.496 e. The molecule has 0 saturated carbocycles. The molecule has 0 radical (unpaired) electrons. The van der Waals surface area contributed by atoms with Crippen molar-refractivity contribution in [1.82, 2.24) is 4.98 Å². The van der Waals surface area contributed by atoms with E-state index in [2.05, 4.69) is 10.3 Å². The van der Waals surface area contributed by atoms with E-state index >= 15 is 0 Å². The molecule has 2 heterocycles. The highest BCUT2D eigenvalue weighted by atomic mass is 32.1.